The second-order valence-corrected chi connectivity index (χ2v) is 6.60. The quantitative estimate of drug-likeness (QED) is 0.886. The summed E-state index contributed by atoms with van der Waals surface area (Å²) in [6, 6.07) is 5.85. The highest BCUT2D eigenvalue weighted by Crippen LogP contribution is 2.27. The Bertz CT molecular complexity index is 428. The van der Waals surface area contributed by atoms with Crippen LogP contribution in [0.3, 0.4) is 0 Å². The average molecular weight is 302 g/mol. The molecule has 2 unspecified atom stereocenters. The minimum atomic E-state index is -0.744. The molecule has 0 aromatic heterocycles. The predicted octanol–water partition coefficient (Wildman–Crippen LogP) is 3.82. The van der Waals surface area contributed by atoms with E-state index in [2.05, 4.69) is 5.32 Å². The van der Waals surface area contributed by atoms with Gasteiger partial charge in [0.2, 0.25) is 0 Å². The molecule has 106 valence electrons. The van der Waals surface area contributed by atoms with E-state index in [0.717, 1.165) is 24.9 Å². The number of rotatable bonds is 4. The summed E-state index contributed by atoms with van der Waals surface area (Å²) in [4.78, 5) is 0. The molecule has 1 heterocycles. The summed E-state index contributed by atoms with van der Waals surface area (Å²) in [5, 5.41) is 15.3. The Morgan fingerprint density at radius 2 is 2.16 bits per heavy atom. The fourth-order valence-electron chi connectivity index (χ4n) is 2.78. The summed E-state index contributed by atoms with van der Waals surface area (Å²) in [6.07, 6.45) is 4.94. The van der Waals surface area contributed by atoms with Crippen LogP contribution in [0, 0.1) is 0 Å². The normalized spacial score (nSPS) is 23.1. The molecular formula is C15H21Cl2NO. The van der Waals surface area contributed by atoms with Gasteiger partial charge in [0.05, 0.1) is 5.60 Å². The van der Waals surface area contributed by atoms with Crippen molar-refractivity contribution in [3.8, 4) is 0 Å². The zero-order valence-electron chi connectivity index (χ0n) is 11.3. The lowest BCUT2D eigenvalue weighted by atomic mass is 9.87. The summed E-state index contributed by atoms with van der Waals surface area (Å²) in [7, 11) is 0. The van der Waals surface area contributed by atoms with Crippen LogP contribution in [-0.4, -0.2) is 23.3 Å². The van der Waals surface area contributed by atoms with Crippen molar-refractivity contribution in [1.29, 1.82) is 0 Å². The van der Waals surface area contributed by atoms with Crippen molar-refractivity contribution in [2.24, 2.45) is 0 Å². The molecular weight excluding hydrogens is 281 g/mol. The molecule has 1 aromatic rings. The van der Waals surface area contributed by atoms with Gasteiger partial charge in [0, 0.05) is 22.5 Å². The highest BCUT2D eigenvalue weighted by atomic mass is 35.5. The van der Waals surface area contributed by atoms with Gasteiger partial charge in [0.1, 0.15) is 0 Å². The Morgan fingerprint density at radius 3 is 2.79 bits per heavy atom. The summed E-state index contributed by atoms with van der Waals surface area (Å²) in [5.41, 5.74) is 0.207. The third-order valence-corrected chi connectivity index (χ3v) is 4.27. The van der Waals surface area contributed by atoms with Crippen LogP contribution < -0.4 is 5.32 Å². The summed E-state index contributed by atoms with van der Waals surface area (Å²) < 4.78 is 0. The lowest BCUT2D eigenvalue weighted by molar-refractivity contribution is 0.0371. The molecule has 0 bridgehead atoms. The zero-order valence-corrected chi connectivity index (χ0v) is 12.8. The topological polar surface area (TPSA) is 32.3 Å². The van der Waals surface area contributed by atoms with E-state index < -0.39 is 5.60 Å². The van der Waals surface area contributed by atoms with E-state index in [1.807, 2.05) is 19.1 Å². The molecule has 0 amide bonds. The van der Waals surface area contributed by atoms with Crippen LogP contribution in [-0.2, 0) is 6.42 Å². The minimum Gasteiger partial charge on any atom is -0.390 e. The first kappa shape index (κ1) is 15.1. The van der Waals surface area contributed by atoms with E-state index in [4.69, 9.17) is 23.2 Å². The Hall–Kier alpha value is -0.280. The van der Waals surface area contributed by atoms with Gasteiger partial charge in [-0.25, -0.2) is 0 Å². The number of aliphatic hydroxyl groups is 1. The number of piperidine rings is 1. The minimum absolute atomic E-state index is 0.412. The van der Waals surface area contributed by atoms with E-state index in [-0.39, 0.29) is 0 Å². The molecule has 0 saturated carbocycles. The van der Waals surface area contributed by atoms with Crippen LogP contribution in [0.1, 0.15) is 38.2 Å². The molecule has 0 spiro atoms. The molecule has 1 aliphatic heterocycles. The maximum atomic E-state index is 10.6. The summed E-state index contributed by atoms with van der Waals surface area (Å²) >= 11 is 12.1. The third-order valence-electron chi connectivity index (χ3n) is 3.68. The van der Waals surface area contributed by atoms with Crippen LogP contribution in [0.5, 0.6) is 0 Å². The van der Waals surface area contributed by atoms with E-state index >= 15 is 0 Å². The second kappa shape index (κ2) is 6.45. The standard InChI is InChI=1S/C15H21Cl2NO/c1-15(19,10-13-4-2-3-7-18-13)9-11-5-6-12(16)8-14(11)17/h5-6,8,13,18-19H,2-4,7,9-10H2,1H3. The monoisotopic (exact) mass is 301 g/mol. The van der Waals surface area contributed by atoms with Gasteiger partial charge in [-0.15, -0.1) is 0 Å². The lowest BCUT2D eigenvalue weighted by Crippen LogP contribution is -2.41. The van der Waals surface area contributed by atoms with Gasteiger partial charge in [0.15, 0.2) is 0 Å². The molecule has 0 aliphatic carbocycles. The first-order chi connectivity index (χ1) is 8.96. The molecule has 2 atom stereocenters. The Kier molecular flexibility index (Phi) is 5.13. The molecule has 2 nitrogen and oxygen atoms in total. The highest BCUT2D eigenvalue weighted by molar-refractivity contribution is 6.35. The van der Waals surface area contributed by atoms with Crippen LogP contribution in [0.4, 0.5) is 0 Å². The first-order valence-corrected chi connectivity index (χ1v) is 7.61. The fraction of sp³-hybridized carbons (Fsp3) is 0.600. The van der Waals surface area contributed by atoms with Crippen molar-refractivity contribution in [2.75, 3.05) is 6.54 Å². The number of hydrogen-bond acceptors (Lipinski definition) is 2. The Morgan fingerprint density at radius 1 is 1.37 bits per heavy atom. The van der Waals surface area contributed by atoms with Crippen LogP contribution >= 0.6 is 23.2 Å². The summed E-state index contributed by atoms with van der Waals surface area (Å²) in [6.45, 7) is 2.94. The lowest BCUT2D eigenvalue weighted by Gasteiger charge is -2.32. The van der Waals surface area contributed by atoms with E-state index in [9.17, 15) is 5.11 Å². The Balaban J connectivity index is 1.99. The van der Waals surface area contributed by atoms with Crippen molar-refractivity contribution in [3.05, 3.63) is 33.8 Å². The van der Waals surface area contributed by atoms with Crippen molar-refractivity contribution in [1.82, 2.24) is 5.32 Å². The molecule has 1 aliphatic rings. The molecule has 2 N–H and O–H groups in total. The van der Waals surface area contributed by atoms with Gasteiger partial charge in [-0.1, -0.05) is 35.7 Å². The molecule has 1 fully saturated rings. The molecule has 4 heteroatoms. The maximum absolute atomic E-state index is 10.6. The average Bonchev–Trinajstić information content (AvgIpc) is 2.33. The van der Waals surface area contributed by atoms with Crippen LogP contribution in [0.15, 0.2) is 18.2 Å². The number of nitrogens with one attached hydrogen (secondary N) is 1. The van der Waals surface area contributed by atoms with Gasteiger partial charge < -0.3 is 10.4 Å². The van der Waals surface area contributed by atoms with Crippen molar-refractivity contribution < 1.29 is 5.11 Å². The third kappa shape index (κ3) is 4.64. The maximum Gasteiger partial charge on any atom is 0.0675 e. The van der Waals surface area contributed by atoms with Crippen LogP contribution in [0.2, 0.25) is 10.0 Å². The number of halogens is 2. The summed E-state index contributed by atoms with van der Waals surface area (Å²) in [5.74, 6) is 0. The van der Waals surface area contributed by atoms with E-state index in [1.54, 1.807) is 6.07 Å². The fourth-order valence-corrected chi connectivity index (χ4v) is 3.25. The van der Waals surface area contributed by atoms with Crippen molar-refractivity contribution in [3.63, 3.8) is 0 Å². The van der Waals surface area contributed by atoms with Gasteiger partial charge in [-0.3, -0.25) is 0 Å². The first-order valence-electron chi connectivity index (χ1n) is 6.86. The highest BCUT2D eigenvalue weighted by Gasteiger charge is 2.27. The van der Waals surface area contributed by atoms with E-state index in [1.165, 1.54) is 12.8 Å². The largest absolute Gasteiger partial charge is 0.390 e. The second-order valence-electron chi connectivity index (χ2n) is 5.76. The van der Waals surface area contributed by atoms with E-state index in [0.29, 0.717) is 22.5 Å². The Labute approximate surface area is 125 Å². The van der Waals surface area contributed by atoms with Gasteiger partial charge in [-0.2, -0.15) is 0 Å². The molecule has 1 saturated heterocycles. The smallest absolute Gasteiger partial charge is 0.0675 e. The number of hydrogen-bond donors (Lipinski definition) is 2. The van der Waals surface area contributed by atoms with Crippen molar-refractivity contribution >= 4 is 23.2 Å². The molecule has 1 aromatic carbocycles. The van der Waals surface area contributed by atoms with Gasteiger partial charge in [0.25, 0.3) is 0 Å². The zero-order chi connectivity index (χ0) is 13.9. The SMILES string of the molecule is CC(O)(Cc1ccc(Cl)cc1Cl)CC1CCCCN1. The molecule has 2 rings (SSSR count). The van der Waals surface area contributed by atoms with Crippen LogP contribution in [0.25, 0.3) is 0 Å². The predicted molar refractivity (Wildman–Crippen MR) is 81.0 cm³/mol. The van der Waals surface area contributed by atoms with Crippen molar-refractivity contribution in [2.45, 2.75) is 50.7 Å². The molecule has 0 radical (unpaired) electrons. The van der Waals surface area contributed by atoms with Gasteiger partial charge >= 0.3 is 0 Å². The molecule has 19 heavy (non-hydrogen) atoms. The number of benzene rings is 1. The van der Waals surface area contributed by atoms with Gasteiger partial charge in [-0.05, 0) is 50.4 Å².